The maximum absolute atomic E-state index is 12.6. The summed E-state index contributed by atoms with van der Waals surface area (Å²) in [6, 6.07) is 5.63. The molecule has 25 heavy (non-hydrogen) atoms. The number of hydrogen-bond donors (Lipinski definition) is 2. The molecule has 2 N–H and O–H groups in total. The SMILES string of the molecule is Cc1oc2nc[nH]c(=O)c2c1C(=O)NCc1cccc2ncncc12. The van der Waals surface area contributed by atoms with E-state index in [1.807, 2.05) is 18.2 Å². The van der Waals surface area contributed by atoms with Gasteiger partial charge in [0.05, 0.1) is 17.4 Å². The first kappa shape index (κ1) is 15.0. The number of furan rings is 1. The number of rotatable bonds is 3. The fourth-order valence-corrected chi connectivity index (χ4v) is 2.81. The van der Waals surface area contributed by atoms with Gasteiger partial charge >= 0.3 is 0 Å². The van der Waals surface area contributed by atoms with Crippen LogP contribution < -0.4 is 10.9 Å². The molecule has 3 heterocycles. The lowest BCUT2D eigenvalue weighted by Gasteiger charge is -2.07. The first-order valence-corrected chi connectivity index (χ1v) is 7.57. The van der Waals surface area contributed by atoms with Crippen LogP contribution in [-0.2, 0) is 6.54 Å². The smallest absolute Gasteiger partial charge is 0.262 e. The molecule has 0 radical (unpaired) electrons. The average molecular weight is 335 g/mol. The van der Waals surface area contributed by atoms with Gasteiger partial charge in [0.1, 0.15) is 17.5 Å². The van der Waals surface area contributed by atoms with E-state index in [4.69, 9.17) is 4.42 Å². The van der Waals surface area contributed by atoms with Crippen molar-refractivity contribution in [3.63, 3.8) is 0 Å². The van der Waals surface area contributed by atoms with E-state index in [-0.39, 0.29) is 23.2 Å². The van der Waals surface area contributed by atoms with Crippen LogP contribution in [0.4, 0.5) is 0 Å². The van der Waals surface area contributed by atoms with Crippen molar-refractivity contribution in [2.24, 2.45) is 0 Å². The summed E-state index contributed by atoms with van der Waals surface area (Å²) in [5.74, 6) is -0.0541. The molecule has 0 fully saturated rings. The van der Waals surface area contributed by atoms with Gasteiger partial charge in [-0.15, -0.1) is 0 Å². The molecule has 124 valence electrons. The monoisotopic (exact) mass is 335 g/mol. The molecular weight excluding hydrogens is 322 g/mol. The molecule has 1 amide bonds. The molecule has 0 unspecified atom stereocenters. The summed E-state index contributed by atoms with van der Waals surface area (Å²) in [5, 5.41) is 3.83. The Morgan fingerprint density at radius 2 is 2.20 bits per heavy atom. The van der Waals surface area contributed by atoms with Crippen LogP contribution in [0.15, 0.2) is 46.3 Å². The lowest BCUT2D eigenvalue weighted by Crippen LogP contribution is -2.24. The molecule has 4 aromatic rings. The second-order valence-corrected chi connectivity index (χ2v) is 5.50. The zero-order chi connectivity index (χ0) is 17.4. The Hall–Kier alpha value is -3.55. The molecule has 0 aliphatic heterocycles. The van der Waals surface area contributed by atoms with Gasteiger partial charge in [-0.25, -0.2) is 15.0 Å². The number of aromatic amines is 1. The minimum absolute atomic E-state index is 0.143. The van der Waals surface area contributed by atoms with Crippen molar-refractivity contribution >= 4 is 27.9 Å². The highest BCUT2D eigenvalue weighted by atomic mass is 16.3. The van der Waals surface area contributed by atoms with Crippen LogP contribution in [0.1, 0.15) is 21.7 Å². The number of H-pyrrole nitrogens is 1. The topological polar surface area (TPSA) is 114 Å². The second-order valence-electron chi connectivity index (χ2n) is 5.50. The van der Waals surface area contributed by atoms with E-state index in [2.05, 4.69) is 25.3 Å². The van der Waals surface area contributed by atoms with E-state index in [1.165, 1.54) is 12.7 Å². The van der Waals surface area contributed by atoms with Crippen molar-refractivity contribution in [3.05, 3.63) is 64.3 Å². The zero-order valence-electron chi connectivity index (χ0n) is 13.2. The number of fused-ring (bicyclic) bond motifs is 2. The van der Waals surface area contributed by atoms with Crippen molar-refractivity contribution in [1.29, 1.82) is 0 Å². The standard InChI is InChI=1S/C17H13N5O3/c1-9-13(14-16(24)21-8-22-17(14)25-9)15(23)19-5-10-3-2-4-12-11(10)6-18-7-20-12/h2-4,6-8H,5H2,1H3,(H,19,23)(H,21,22,24). The van der Waals surface area contributed by atoms with Gasteiger partial charge in [-0.3, -0.25) is 9.59 Å². The van der Waals surface area contributed by atoms with Gasteiger partial charge in [-0.05, 0) is 18.6 Å². The molecular formula is C17H13N5O3. The Balaban J connectivity index is 1.67. The van der Waals surface area contributed by atoms with Crippen molar-refractivity contribution in [1.82, 2.24) is 25.3 Å². The molecule has 0 spiro atoms. The Bertz CT molecular complexity index is 1160. The third kappa shape index (κ3) is 2.53. The normalized spacial score (nSPS) is 11.1. The fraction of sp³-hybridized carbons (Fsp3) is 0.118. The number of carbonyl (C=O) groups is 1. The van der Waals surface area contributed by atoms with Gasteiger partial charge in [0, 0.05) is 18.1 Å². The number of aryl methyl sites for hydroxylation is 1. The third-order valence-corrected chi connectivity index (χ3v) is 3.98. The lowest BCUT2D eigenvalue weighted by molar-refractivity contribution is 0.0951. The van der Waals surface area contributed by atoms with Crippen molar-refractivity contribution in [2.75, 3.05) is 0 Å². The van der Waals surface area contributed by atoms with Gasteiger partial charge in [0.25, 0.3) is 11.5 Å². The number of hydrogen-bond acceptors (Lipinski definition) is 6. The molecule has 1 aromatic carbocycles. The van der Waals surface area contributed by atoms with Crippen LogP contribution >= 0.6 is 0 Å². The van der Waals surface area contributed by atoms with E-state index in [9.17, 15) is 9.59 Å². The molecule has 0 aliphatic rings. The Kier molecular flexibility index (Phi) is 3.50. The number of amides is 1. The molecule has 3 aromatic heterocycles. The first-order chi connectivity index (χ1) is 12.1. The molecule has 0 saturated heterocycles. The van der Waals surface area contributed by atoms with E-state index in [0.717, 1.165) is 16.5 Å². The summed E-state index contributed by atoms with van der Waals surface area (Å²) in [6.45, 7) is 1.90. The molecule has 0 atom stereocenters. The van der Waals surface area contributed by atoms with Crippen LogP contribution in [0.3, 0.4) is 0 Å². The highest BCUT2D eigenvalue weighted by molar-refractivity contribution is 6.06. The Labute approximate surface area is 140 Å². The molecule has 8 heteroatoms. The summed E-state index contributed by atoms with van der Waals surface area (Å²) in [7, 11) is 0. The summed E-state index contributed by atoms with van der Waals surface area (Å²) in [6.07, 6.45) is 4.42. The largest absolute Gasteiger partial charge is 0.442 e. The second kappa shape index (κ2) is 5.82. The predicted molar refractivity (Wildman–Crippen MR) is 90.1 cm³/mol. The molecule has 8 nitrogen and oxygen atoms in total. The van der Waals surface area contributed by atoms with Crippen molar-refractivity contribution in [2.45, 2.75) is 13.5 Å². The molecule has 0 saturated carbocycles. The Morgan fingerprint density at radius 1 is 1.32 bits per heavy atom. The number of benzene rings is 1. The van der Waals surface area contributed by atoms with Crippen molar-refractivity contribution < 1.29 is 9.21 Å². The first-order valence-electron chi connectivity index (χ1n) is 7.57. The van der Waals surface area contributed by atoms with Gasteiger partial charge in [0.15, 0.2) is 0 Å². The number of nitrogens with one attached hydrogen (secondary N) is 2. The zero-order valence-corrected chi connectivity index (χ0v) is 13.2. The van der Waals surface area contributed by atoms with Crippen LogP contribution in [0.25, 0.3) is 22.0 Å². The average Bonchev–Trinajstić information content (AvgIpc) is 2.97. The van der Waals surface area contributed by atoms with E-state index < -0.39 is 11.5 Å². The van der Waals surface area contributed by atoms with Crippen LogP contribution in [-0.4, -0.2) is 25.8 Å². The summed E-state index contributed by atoms with van der Waals surface area (Å²) in [4.78, 5) is 39.3. The fourth-order valence-electron chi connectivity index (χ4n) is 2.81. The Morgan fingerprint density at radius 3 is 3.08 bits per heavy atom. The van der Waals surface area contributed by atoms with E-state index in [0.29, 0.717) is 5.76 Å². The van der Waals surface area contributed by atoms with Gasteiger partial charge < -0.3 is 14.7 Å². The lowest BCUT2D eigenvalue weighted by atomic mass is 10.1. The number of carbonyl (C=O) groups excluding carboxylic acids is 1. The third-order valence-electron chi connectivity index (χ3n) is 3.98. The van der Waals surface area contributed by atoms with Gasteiger partial charge in [0.2, 0.25) is 5.71 Å². The summed E-state index contributed by atoms with van der Waals surface area (Å²) >= 11 is 0. The maximum atomic E-state index is 12.6. The van der Waals surface area contributed by atoms with Crippen molar-refractivity contribution in [3.8, 4) is 0 Å². The highest BCUT2D eigenvalue weighted by Crippen LogP contribution is 2.21. The van der Waals surface area contributed by atoms with Crippen LogP contribution in [0.2, 0.25) is 0 Å². The van der Waals surface area contributed by atoms with Gasteiger partial charge in [-0.1, -0.05) is 12.1 Å². The quantitative estimate of drug-likeness (QED) is 0.589. The maximum Gasteiger partial charge on any atom is 0.262 e. The number of nitrogens with zero attached hydrogens (tertiary/aromatic N) is 3. The van der Waals surface area contributed by atoms with E-state index >= 15 is 0 Å². The summed E-state index contributed by atoms with van der Waals surface area (Å²) in [5.41, 5.74) is 1.60. The molecule has 4 rings (SSSR count). The minimum atomic E-state index is -0.412. The summed E-state index contributed by atoms with van der Waals surface area (Å²) < 4.78 is 5.41. The van der Waals surface area contributed by atoms with Crippen LogP contribution in [0.5, 0.6) is 0 Å². The highest BCUT2D eigenvalue weighted by Gasteiger charge is 2.21. The minimum Gasteiger partial charge on any atom is -0.442 e. The number of aromatic nitrogens is 4. The molecule has 0 bridgehead atoms. The predicted octanol–water partition coefficient (Wildman–Crippen LogP) is 1.70. The van der Waals surface area contributed by atoms with Gasteiger partial charge in [-0.2, -0.15) is 0 Å². The van der Waals surface area contributed by atoms with Crippen LogP contribution in [0, 0.1) is 6.92 Å². The molecule has 0 aliphatic carbocycles. The van der Waals surface area contributed by atoms with E-state index in [1.54, 1.807) is 13.1 Å².